The summed E-state index contributed by atoms with van der Waals surface area (Å²) in [5.74, 6) is -0.299. The third-order valence-electron chi connectivity index (χ3n) is 3.23. The summed E-state index contributed by atoms with van der Waals surface area (Å²) in [5.41, 5.74) is 10.4. The highest BCUT2D eigenvalue weighted by Crippen LogP contribution is 2.34. The van der Waals surface area contributed by atoms with Crippen LogP contribution in [0.4, 0.5) is 10.1 Å². The van der Waals surface area contributed by atoms with E-state index in [2.05, 4.69) is 0 Å². The molecular formula is C15H15ClFN. The van der Waals surface area contributed by atoms with Gasteiger partial charge in [0, 0.05) is 21.8 Å². The first-order valence-electron chi connectivity index (χ1n) is 5.73. The standard InChI is InChI=1S/C15H15ClFN/c1-8-4-11(13(16)5-9(8)2)12-7-15(18)10(3)6-14(12)17/h4-7H,18H2,1-3H3. The van der Waals surface area contributed by atoms with E-state index in [9.17, 15) is 4.39 Å². The van der Waals surface area contributed by atoms with Crippen molar-refractivity contribution in [2.24, 2.45) is 0 Å². The first kappa shape index (κ1) is 12.9. The summed E-state index contributed by atoms with van der Waals surface area (Å²) < 4.78 is 14.0. The monoisotopic (exact) mass is 263 g/mol. The molecule has 0 heterocycles. The van der Waals surface area contributed by atoms with Crippen LogP contribution in [0.3, 0.4) is 0 Å². The fourth-order valence-corrected chi connectivity index (χ4v) is 2.20. The van der Waals surface area contributed by atoms with Crippen molar-refractivity contribution in [1.29, 1.82) is 0 Å². The van der Waals surface area contributed by atoms with Gasteiger partial charge in [-0.2, -0.15) is 0 Å². The summed E-state index contributed by atoms with van der Waals surface area (Å²) in [4.78, 5) is 0. The molecule has 0 radical (unpaired) electrons. The maximum Gasteiger partial charge on any atom is 0.131 e. The van der Waals surface area contributed by atoms with Crippen LogP contribution in [0, 0.1) is 26.6 Å². The van der Waals surface area contributed by atoms with Crippen LogP contribution in [0.1, 0.15) is 16.7 Å². The maximum atomic E-state index is 14.0. The third kappa shape index (κ3) is 2.21. The molecule has 0 aromatic heterocycles. The van der Waals surface area contributed by atoms with E-state index < -0.39 is 0 Å². The molecule has 94 valence electrons. The lowest BCUT2D eigenvalue weighted by atomic mass is 9.98. The van der Waals surface area contributed by atoms with Gasteiger partial charge in [-0.15, -0.1) is 0 Å². The topological polar surface area (TPSA) is 26.0 Å². The SMILES string of the molecule is Cc1cc(Cl)c(-c2cc(N)c(C)cc2F)cc1C. The molecule has 0 bridgehead atoms. The quantitative estimate of drug-likeness (QED) is 0.745. The van der Waals surface area contributed by atoms with Crippen LogP contribution in [0.25, 0.3) is 11.1 Å². The fraction of sp³-hybridized carbons (Fsp3) is 0.200. The van der Waals surface area contributed by atoms with Gasteiger partial charge in [0.05, 0.1) is 0 Å². The van der Waals surface area contributed by atoms with Gasteiger partial charge < -0.3 is 5.73 Å². The Bertz CT molecular complexity index is 565. The molecule has 0 saturated heterocycles. The van der Waals surface area contributed by atoms with Gasteiger partial charge in [0.2, 0.25) is 0 Å². The van der Waals surface area contributed by atoms with Crippen LogP contribution >= 0.6 is 11.6 Å². The molecule has 0 fully saturated rings. The van der Waals surface area contributed by atoms with Gasteiger partial charge in [-0.25, -0.2) is 4.39 Å². The fourth-order valence-electron chi connectivity index (χ4n) is 1.88. The van der Waals surface area contributed by atoms with E-state index >= 15 is 0 Å². The molecule has 18 heavy (non-hydrogen) atoms. The minimum absolute atomic E-state index is 0.299. The molecule has 2 rings (SSSR count). The third-order valence-corrected chi connectivity index (χ3v) is 3.54. The van der Waals surface area contributed by atoms with E-state index in [4.69, 9.17) is 17.3 Å². The predicted octanol–water partition coefficient (Wildman–Crippen LogP) is 4.65. The number of aryl methyl sites for hydroxylation is 3. The van der Waals surface area contributed by atoms with Crippen LogP contribution in [-0.4, -0.2) is 0 Å². The van der Waals surface area contributed by atoms with Crippen molar-refractivity contribution in [3.8, 4) is 11.1 Å². The molecule has 0 saturated carbocycles. The van der Waals surface area contributed by atoms with E-state index in [1.165, 1.54) is 6.07 Å². The number of hydrogen-bond donors (Lipinski definition) is 1. The second-order valence-corrected chi connectivity index (χ2v) is 5.01. The van der Waals surface area contributed by atoms with E-state index in [1.807, 2.05) is 26.0 Å². The molecule has 0 aliphatic rings. The van der Waals surface area contributed by atoms with Crippen LogP contribution in [0.5, 0.6) is 0 Å². The highest BCUT2D eigenvalue weighted by Gasteiger charge is 2.12. The zero-order valence-corrected chi connectivity index (χ0v) is 11.4. The molecule has 0 amide bonds. The number of nitrogens with two attached hydrogens (primary N) is 1. The lowest BCUT2D eigenvalue weighted by Gasteiger charge is -2.11. The minimum Gasteiger partial charge on any atom is -0.398 e. The summed E-state index contributed by atoms with van der Waals surface area (Å²) in [6, 6.07) is 6.82. The van der Waals surface area contributed by atoms with Crippen molar-refractivity contribution >= 4 is 17.3 Å². The lowest BCUT2D eigenvalue weighted by Crippen LogP contribution is -1.95. The molecule has 3 heteroatoms. The van der Waals surface area contributed by atoms with Gasteiger partial charge >= 0.3 is 0 Å². The van der Waals surface area contributed by atoms with Gasteiger partial charge in [-0.1, -0.05) is 11.6 Å². The second-order valence-electron chi connectivity index (χ2n) is 4.60. The first-order valence-corrected chi connectivity index (χ1v) is 6.10. The highest BCUT2D eigenvalue weighted by molar-refractivity contribution is 6.33. The van der Waals surface area contributed by atoms with Crippen LogP contribution in [-0.2, 0) is 0 Å². The lowest BCUT2D eigenvalue weighted by molar-refractivity contribution is 0.630. The Morgan fingerprint density at radius 3 is 2.17 bits per heavy atom. The van der Waals surface area contributed by atoms with Crippen molar-refractivity contribution < 1.29 is 4.39 Å². The smallest absolute Gasteiger partial charge is 0.131 e. The summed E-state index contributed by atoms with van der Waals surface area (Å²) in [5, 5.41) is 0.542. The Morgan fingerprint density at radius 1 is 0.889 bits per heavy atom. The van der Waals surface area contributed by atoms with E-state index in [0.717, 1.165) is 16.7 Å². The van der Waals surface area contributed by atoms with Gasteiger partial charge in [0.25, 0.3) is 0 Å². The Labute approximate surface area is 111 Å². The first-order chi connectivity index (χ1) is 8.40. The molecule has 2 N–H and O–H groups in total. The Kier molecular flexibility index (Phi) is 3.31. The van der Waals surface area contributed by atoms with Crippen LogP contribution in [0.2, 0.25) is 5.02 Å². The predicted molar refractivity (Wildman–Crippen MR) is 75.5 cm³/mol. The molecule has 2 aromatic carbocycles. The average molecular weight is 264 g/mol. The summed E-state index contributed by atoms with van der Waals surface area (Å²) >= 11 is 6.19. The zero-order chi connectivity index (χ0) is 13.4. The highest BCUT2D eigenvalue weighted by atomic mass is 35.5. The molecule has 0 unspecified atom stereocenters. The largest absolute Gasteiger partial charge is 0.398 e. The zero-order valence-electron chi connectivity index (χ0n) is 10.6. The van der Waals surface area contributed by atoms with Gasteiger partial charge in [-0.3, -0.25) is 0 Å². The number of benzene rings is 2. The van der Waals surface area contributed by atoms with E-state index in [-0.39, 0.29) is 5.82 Å². The molecule has 1 nitrogen and oxygen atoms in total. The van der Waals surface area contributed by atoms with E-state index in [1.54, 1.807) is 13.0 Å². The molecule has 0 aliphatic heterocycles. The summed E-state index contributed by atoms with van der Waals surface area (Å²) in [6.45, 7) is 5.74. The van der Waals surface area contributed by atoms with Crippen molar-refractivity contribution in [3.63, 3.8) is 0 Å². The Morgan fingerprint density at radius 2 is 1.50 bits per heavy atom. The summed E-state index contributed by atoms with van der Waals surface area (Å²) in [7, 11) is 0. The number of rotatable bonds is 1. The minimum atomic E-state index is -0.299. The molecule has 2 aromatic rings. The van der Waals surface area contributed by atoms with Crippen molar-refractivity contribution in [2.45, 2.75) is 20.8 Å². The molecule has 0 atom stereocenters. The van der Waals surface area contributed by atoms with Gasteiger partial charge in [0.15, 0.2) is 0 Å². The molecule has 0 spiro atoms. The number of hydrogen-bond acceptors (Lipinski definition) is 1. The molecule has 0 aliphatic carbocycles. The molecular weight excluding hydrogens is 249 g/mol. The number of nitrogen functional groups attached to an aromatic ring is 1. The summed E-state index contributed by atoms with van der Waals surface area (Å²) in [6.07, 6.45) is 0. The maximum absolute atomic E-state index is 14.0. The number of anilines is 1. The van der Waals surface area contributed by atoms with E-state index in [0.29, 0.717) is 21.8 Å². The van der Waals surface area contributed by atoms with Crippen LogP contribution < -0.4 is 5.73 Å². The van der Waals surface area contributed by atoms with Crippen molar-refractivity contribution in [2.75, 3.05) is 5.73 Å². The van der Waals surface area contributed by atoms with Crippen LogP contribution in [0.15, 0.2) is 24.3 Å². The Hall–Kier alpha value is -1.54. The second kappa shape index (κ2) is 4.62. The van der Waals surface area contributed by atoms with Gasteiger partial charge in [-0.05, 0) is 61.7 Å². The van der Waals surface area contributed by atoms with Gasteiger partial charge in [0.1, 0.15) is 5.82 Å². The van der Waals surface area contributed by atoms with Crippen molar-refractivity contribution in [1.82, 2.24) is 0 Å². The normalized spacial score (nSPS) is 10.7. The average Bonchev–Trinajstić information content (AvgIpc) is 2.29. The van der Waals surface area contributed by atoms with Crippen molar-refractivity contribution in [3.05, 3.63) is 51.8 Å². The Balaban J connectivity index is 2.69. The number of halogens is 2.